The molecule has 0 amide bonds. The van der Waals surface area contributed by atoms with Crippen LogP contribution in [0.25, 0.3) is 0 Å². The van der Waals surface area contributed by atoms with Crippen molar-refractivity contribution >= 4 is 27.3 Å². The van der Waals surface area contributed by atoms with Crippen LogP contribution in [0.1, 0.15) is 5.56 Å². The van der Waals surface area contributed by atoms with Gasteiger partial charge in [-0.2, -0.15) is 5.26 Å². The second kappa shape index (κ2) is 5.49. The maximum absolute atomic E-state index is 13.2. The summed E-state index contributed by atoms with van der Waals surface area (Å²) >= 11 is 5.83. The van der Waals surface area contributed by atoms with Gasteiger partial charge in [0.2, 0.25) is 0 Å². The Morgan fingerprint density at radius 1 is 1.20 bits per heavy atom. The van der Waals surface area contributed by atoms with E-state index in [1.807, 2.05) is 0 Å². The molecule has 20 heavy (non-hydrogen) atoms. The van der Waals surface area contributed by atoms with Gasteiger partial charge in [-0.15, -0.1) is 0 Å². The molecule has 0 saturated carbocycles. The minimum absolute atomic E-state index is 0.0719. The molecule has 2 aromatic carbocycles. The highest BCUT2D eigenvalue weighted by atomic mass is 35.5. The van der Waals surface area contributed by atoms with E-state index in [9.17, 15) is 12.8 Å². The number of rotatable bonds is 3. The van der Waals surface area contributed by atoms with Crippen molar-refractivity contribution in [2.75, 3.05) is 4.72 Å². The van der Waals surface area contributed by atoms with E-state index in [-0.39, 0.29) is 21.2 Å². The van der Waals surface area contributed by atoms with Crippen molar-refractivity contribution in [2.24, 2.45) is 0 Å². The molecule has 0 atom stereocenters. The first-order chi connectivity index (χ1) is 9.44. The molecule has 0 aliphatic heterocycles. The van der Waals surface area contributed by atoms with Crippen molar-refractivity contribution in [1.29, 1.82) is 5.26 Å². The second-order valence-corrected chi connectivity index (χ2v) is 5.90. The normalized spacial score (nSPS) is 10.8. The van der Waals surface area contributed by atoms with Crippen LogP contribution in [0.3, 0.4) is 0 Å². The van der Waals surface area contributed by atoms with Crippen LogP contribution in [0.2, 0.25) is 5.02 Å². The Balaban J connectivity index is 2.39. The lowest BCUT2D eigenvalue weighted by Gasteiger charge is -2.09. The molecule has 0 aromatic heterocycles. The number of hydrogen-bond donors (Lipinski definition) is 1. The van der Waals surface area contributed by atoms with E-state index in [1.54, 1.807) is 12.1 Å². The minimum atomic E-state index is -3.90. The molecule has 0 saturated heterocycles. The van der Waals surface area contributed by atoms with Crippen LogP contribution >= 0.6 is 11.6 Å². The van der Waals surface area contributed by atoms with Gasteiger partial charge in [0.25, 0.3) is 10.0 Å². The first-order valence-electron chi connectivity index (χ1n) is 5.41. The number of halogens is 2. The van der Waals surface area contributed by atoms with Gasteiger partial charge in [0, 0.05) is 0 Å². The molecule has 4 nitrogen and oxygen atoms in total. The summed E-state index contributed by atoms with van der Waals surface area (Å²) in [4.78, 5) is -0.0931. The van der Waals surface area contributed by atoms with Crippen molar-refractivity contribution < 1.29 is 12.8 Å². The lowest BCUT2D eigenvalue weighted by molar-refractivity contribution is 0.601. The monoisotopic (exact) mass is 310 g/mol. The first kappa shape index (κ1) is 14.3. The standard InChI is InChI=1S/C13H8ClFN2O2S/c14-11-3-1-2-4-13(11)20(18,19)17-10-5-6-12(15)9(7-10)8-16/h1-7,17H. The fraction of sp³-hybridized carbons (Fsp3) is 0. The zero-order valence-corrected chi connectivity index (χ0v) is 11.5. The van der Waals surface area contributed by atoms with Gasteiger partial charge in [0.05, 0.1) is 16.3 Å². The predicted molar refractivity (Wildman–Crippen MR) is 73.4 cm³/mol. The number of anilines is 1. The Morgan fingerprint density at radius 3 is 2.55 bits per heavy atom. The summed E-state index contributed by atoms with van der Waals surface area (Å²) in [6, 6.07) is 10.9. The van der Waals surface area contributed by atoms with Crippen molar-refractivity contribution in [3.05, 3.63) is 58.9 Å². The number of nitrogens with zero attached hydrogens (tertiary/aromatic N) is 1. The van der Waals surface area contributed by atoms with Gasteiger partial charge in [-0.1, -0.05) is 23.7 Å². The fourth-order valence-electron chi connectivity index (χ4n) is 1.55. The van der Waals surface area contributed by atoms with E-state index in [4.69, 9.17) is 16.9 Å². The topological polar surface area (TPSA) is 70.0 Å². The first-order valence-corrected chi connectivity index (χ1v) is 7.27. The lowest BCUT2D eigenvalue weighted by atomic mass is 10.2. The van der Waals surface area contributed by atoms with Crippen LogP contribution in [-0.2, 0) is 10.0 Å². The van der Waals surface area contributed by atoms with Crippen LogP contribution in [0.4, 0.5) is 10.1 Å². The molecule has 0 radical (unpaired) electrons. The Labute approximate surface area is 120 Å². The lowest BCUT2D eigenvalue weighted by Crippen LogP contribution is -2.13. The SMILES string of the molecule is N#Cc1cc(NS(=O)(=O)c2ccccc2Cl)ccc1F. The van der Waals surface area contributed by atoms with Crippen molar-refractivity contribution in [2.45, 2.75) is 4.90 Å². The largest absolute Gasteiger partial charge is 0.280 e. The Bertz CT molecular complexity index is 800. The summed E-state index contributed by atoms with van der Waals surface area (Å²) in [6.07, 6.45) is 0. The van der Waals surface area contributed by atoms with Crippen LogP contribution in [0.5, 0.6) is 0 Å². The third-order valence-electron chi connectivity index (χ3n) is 2.47. The maximum atomic E-state index is 13.2. The molecule has 2 aromatic rings. The van der Waals surface area contributed by atoms with E-state index >= 15 is 0 Å². The summed E-state index contributed by atoms with van der Waals surface area (Å²) in [5, 5.41) is 8.79. The van der Waals surface area contributed by atoms with E-state index < -0.39 is 15.8 Å². The summed E-state index contributed by atoms with van der Waals surface area (Å²) in [6.45, 7) is 0. The van der Waals surface area contributed by atoms with Gasteiger partial charge in [0.1, 0.15) is 16.8 Å². The molecule has 0 fully saturated rings. The average molecular weight is 311 g/mol. The molecular formula is C13H8ClFN2O2S. The fourth-order valence-corrected chi connectivity index (χ4v) is 3.12. The van der Waals surface area contributed by atoms with Gasteiger partial charge in [-0.25, -0.2) is 12.8 Å². The van der Waals surface area contributed by atoms with E-state index in [2.05, 4.69) is 4.72 Å². The highest BCUT2D eigenvalue weighted by molar-refractivity contribution is 7.92. The van der Waals surface area contributed by atoms with Crippen molar-refractivity contribution in [3.63, 3.8) is 0 Å². The average Bonchev–Trinajstić information content (AvgIpc) is 2.41. The third kappa shape index (κ3) is 2.90. The van der Waals surface area contributed by atoms with Crippen LogP contribution in [0.15, 0.2) is 47.4 Å². The Hall–Kier alpha value is -2.10. The molecule has 0 spiro atoms. The molecule has 7 heteroatoms. The Morgan fingerprint density at radius 2 is 1.90 bits per heavy atom. The number of benzene rings is 2. The zero-order chi connectivity index (χ0) is 14.8. The molecule has 1 N–H and O–H groups in total. The van der Waals surface area contributed by atoms with Gasteiger partial charge >= 0.3 is 0 Å². The number of nitriles is 1. The smallest absolute Gasteiger partial charge is 0.263 e. The zero-order valence-electron chi connectivity index (χ0n) is 9.97. The van der Waals surface area contributed by atoms with Crippen molar-refractivity contribution in [1.82, 2.24) is 0 Å². The number of nitrogens with one attached hydrogen (secondary N) is 1. The molecular weight excluding hydrogens is 303 g/mol. The third-order valence-corrected chi connectivity index (χ3v) is 4.35. The molecule has 102 valence electrons. The predicted octanol–water partition coefficient (Wildman–Crippen LogP) is 3.15. The van der Waals surface area contributed by atoms with Crippen LogP contribution in [-0.4, -0.2) is 8.42 Å². The summed E-state index contributed by atoms with van der Waals surface area (Å²) in [5.74, 6) is -0.715. The van der Waals surface area contributed by atoms with E-state index in [0.29, 0.717) is 0 Å². The number of hydrogen-bond acceptors (Lipinski definition) is 3. The highest BCUT2D eigenvalue weighted by Gasteiger charge is 2.18. The van der Waals surface area contributed by atoms with Crippen molar-refractivity contribution in [3.8, 4) is 6.07 Å². The molecule has 0 heterocycles. The maximum Gasteiger partial charge on any atom is 0.263 e. The summed E-state index contributed by atoms with van der Waals surface area (Å²) < 4.78 is 39.7. The van der Waals surface area contributed by atoms with Crippen LogP contribution < -0.4 is 4.72 Å². The van der Waals surface area contributed by atoms with Crippen LogP contribution in [0, 0.1) is 17.1 Å². The second-order valence-electron chi connectivity index (χ2n) is 3.84. The van der Waals surface area contributed by atoms with Gasteiger partial charge < -0.3 is 0 Å². The molecule has 0 unspecified atom stereocenters. The highest BCUT2D eigenvalue weighted by Crippen LogP contribution is 2.24. The molecule has 0 aliphatic carbocycles. The minimum Gasteiger partial charge on any atom is -0.280 e. The Kier molecular flexibility index (Phi) is 3.93. The van der Waals surface area contributed by atoms with E-state index in [0.717, 1.165) is 12.1 Å². The number of sulfonamides is 1. The van der Waals surface area contributed by atoms with Gasteiger partial charge in [-0.3, -0.25) is 4.72 Å². The van der Waals surface area contributed by atoms with E-state index in [1.165, 1.54) is 24.3 Å². The summed E-state index contributed by atoms with van der Waals surface area (Å²) in [7, 11) is -3.90. The summed E-state index contributed by atoms with van der Waals surface area (Å²) in [5.41, 5.74) is -0.160. The quantitative estimate of drug-likeness (QED) is 0.946. The molecule has 0 bridgehead atoms. The van der Waals surface area contributed by atoms with Gasteiger partial charge in [0.15, 0.2) is 0 Å². The van der Waals surface area contributed by atoms with Gasteiger partial charge in [-0.05, 0) is 30.3 Å². The molecule has 2 rings (SSSR count). The molecule has 0 aliphatic rings.